The second-order valence-corrected chi connectivity index (χ2v) is 4.79. The summed E-state index contributed by atoms with van der Waals surface area (Å²) in [6, 6.07) is 8.54. The van der Waals surface area contributed by atoms with Gasteiger partial charge in [0.05, 0.1) is 0 Å². The molecule has 18 heavy (non-hydrogen) atoms. The summed E-state index contributed by atoms with van der Waals surface area (Å²) in [5.74, 6) is 0.418. The number of nitrogens with one attached hydrogen (secondary N) is 1. The van der Waals surface area contributed by atoms with E-state index in [2.05, 4.69) is 34.6 Å². The summed E-state index contributed by atoms with van der Waals surface area (Å²) < 4.78 is 5.36. The van der Waals surface area contributed by atoms with Gasteiger partial charge in [-0.15, -0.1) is 16.7 Å². The maximum absolute atomic E-state index is 5.85. The van der Waals surface area contributed by atoms with E-state index in [1.165, 1.54) is 5.56 Å². The summed E-state index contributed by atoms with van der Waals surface area (Å²) in [7, 11) is 0. The number of hydrogen-bond acceptors (Lipinski definition) is 4. The van der Waals surface area contributed by atoms with Crippen LogP contribution in [0.5, 0.6) is 0 Å². The molecular weight excluding hydrogens is 250 g/mol. The molecule has 0 radical (unpaired) electrons. The molecule has 0 saturated carbocycles. The second-order valence-electron chi connectivity index (χ2n) is 4.13. The van der Waals surface area contributed by atoms with Gasteiger partial charge in [-0.25, -0.2) is 0 Å². The molecule has 2 aromatic rings. The lowest BCUT2D eigenvalue weighted by Gasteiger charge is -2.03. The van der Waals surface area contributed by atoms with Crippen LogP contribution in [0.1, 0.15) is 37.1 Å². The number of aromatic nitrogens is 2. The van der Waals surface area contributed by atoms with E-state index in [0.717, 1.165) is 18.5 Å². The molecule has 1 aromatic carbocycles. The van der Waals surface area contributed by atoms with Crippen LogP contribution in [0.2, 0.25) is 0 Å². The van der Waals surface area contributed by atoms with Crippen molar-refractivity contribution >= 4 is 23.3 Å². The first-order valence-electron chi connectivity index (χ1n) is 6.02. The van der Waals surface area contributed by atoms with Crippen LogP contribution in [-0.2, 0) is 6.42 Å². The fourth-order valence-electron chi connectivity index (χ4n) is 1.61. The third kappa shape index (κ3) is 3.23. The largest absolute Gasteiger partial charge is 0.406 e. The zero-order chi connectivity index (χ0) is 13.0. The smallest absolute Gasteiger partial charge is 0.320 e. The van der Waals surface area contributed by atoms with Crippen LogP contribution in [0.25, 0.3) is 0 Å². The Kier molecular flexibility index (Phi) is 4.20. The lowest BCUT2D eigenvalue weighted by atomic mass is 10.1. The molecule has 0 aliphatic rings. The van der Waals surface area contributed by atoms with Crippen LogP contribution in [-0.4, -0.2) is 10.2 Å². The predicted octanol–water partition coefficient (Wildman–Crippen LogP) is 4.07. The third-order valence-electron chi connectivity index (χ3n) is 2.52. The average Bonchev–Trinajstić information content (AvgIpc) is 2.81. The number of hydrogen-bond donors (Lipinski definition) is 1. The first kappa shape index (κ1) is 12.9. The number of nitrogens with zero attached hydrogens (tertiary/aromatic N) is 2. The molecule has 1 aromatic heterocycles. The Labute approximate surface area is 111 Å². The molecule has 0 amide bonds. The molecular formula is C13H16ClN3O. The van der Waals surface area contributed by atoms with Gasteiger partial charge in [-0.05, 0) is 31.0 Å². The minimum atomic E-state index is -0.278. The predicted molar refractivity (Wildman–Crippen MR) is 72.3 cm³/mol. The maximum atomic E-state index is 5.85. The van der Waals surface area contributed by atoms with Gasteiger partial charge in [0, 0.05) is 5.69 Å². The van der Waals surface area contributed by atoms with E-state index in [-0.39, 0.29) is 5.38 Å². The molecule has 0 saturated heterocycles. The first-order chi connectivity index (χ1) is 8.69. The van der Waals surface area contributed by atoms with Crippen molar-refractivity contribution in [1.29, 1.82) is 0 Å². The van der Waals surface area contributed by atoms with Gasteiger partial charge in [-0.1, -0.05) is 30.6 Å². The van der Waals surface area contributed by atoms with Crippen LogP contribution in [0.3, 0.4) is 0 Å². The molecule has 0 spiro atoms. The normalized spacial score (nSPS) is 12.4. The van der Waals surface area contributed by atoms with E-state index < -0.39 is 0 Å². The van der Waals surface area contributed by atoms with Gasteiger partial charge < -0.3 is 9.73 Å². The highest BCUT2D eigenvalue weighted by molar-refractivity contribution is 6.20. The van der Waals surface area contributed by atoms with E-state index >= 15 is 0 Å². The Morgan fingerprint density at radius 2 is 2.00 bits per heavy atom. The highest BCUT2D eigenvalue weighted by atomic mass is 35.5. The van der Waals surface area contributed by atoms with E-state index in [9.17, 15) is 0 Å². The van der Waals surface area contributed by atoms with Crippen molar-refractivity contribution in [1.82, 2.24) is 10.2 Å². The van der Waals surface area contributed by atoms with Crippen molar-refractivity contribution in [3.05, 3.63) is 35.7 Å². The molecule has 0 bridgehead atoms. The molecule has 5 heteroatoms. The molecule has 1 N–H and O–H groups in total. The van der Waals surface area contributed by atoms with E-state index in [1.54, 1.807) is 6.92 Å². The summed E-state index contributed by atoms with van der Waals surface area (Å²) in [6.45, 7) is 3.96. The van der Waals surface area contributed by atoms with Gasteiger partial charge in [0.15, 0.2) is 0 Å². The van der Waals surface area contributed by atoms with Gasteiger partial charge in [-0.2, -0.15) is 0 Å². The molecule has 1 heterocycles. The lowest BCUT2D eigenvalue weighted by molar-refractivity contribution is 0.510. The molecule has 0 fully saturated rings. The minimum Gasteiger partial charge on any atom is -0.406 e. The Bertz CT molecular complexity index is 493. The quantitative estimate of drug-likeness (QED) is 0.828. The molecule has 96 valence electrons. The summed E-state index contributed by atoms with van der Waals surface area (Å²) in [6.07, 6.45) is 2.24. The van der Waals surface area contributed by atoms with Gasteiger partial charge >= 0.3 is 6.01 Å². The Morgan fingerprint density at radius 3 is 2.56 bits per heavy atom. The van der Waals surface area contributed by atoms with E-state index in [0.29, 0.717) is 11.9 Å². The van der Waals surface area contributed by atoms with Gasteiger partial charge in [-0.3, -0.25) is 0 Å². The van der Waals surface area contributed by atoms with Crippen molar-refractivity contribution in [2.24, 2.45) is 0 Å². The zero-order valence-electron chi connectivity index (χ0n) is 10.5. The fourth-order valence-corrected chi connectivity index (χ4v) is 1.70. The van der Waals surface area contributed by atoms with Crippen molar-refractivity contribution in [2.45, 2.75) is 32.1 Å². The Hall–Kier alpha value is -1.55. The number of aryl methyl sites for hydroxylation is 1. The second kappa shape index (κ2) is 5.87. The minimum absolute atomic E-state index is 0.278. The zero-order valence-corrected chi connectivity index (χ0v) is 11.2. The average molecular weight is 266 g/mol. The number of anilines is 2. The number of benzene rings is 1. The van der Waals surface area contributed by atoms with Gasteiger partial charge in [0.2, 0.25) is 5.89 Å². The van der Waals surface area contributed by atoms with Crippen molar-refractivity contribution in [3.63, 3.8) is 0 Å². The summed E-state index contributed by atoms with van der Waals surface area (Å²) in [4.78, 5) is 0. The number of rotatable bonds is 5. The summed E-state index contributed by atoms with van der Waals surface area (Å²) in [5.41, 5.74) is 2.25. The van der Waals surface area contributed by atoms with Crippen LogP contribution < -0.4 is 5.32 Å². The van der Waals surface area contributed by atoms with Crippen LogP contribution in [0, 0.1) is 0 Å². The van der Waals surface area contributed by atoms with E-state index in [1.807, 2.05) is 12.1 Å². The van der Waals surface area contributed by atoms with E-state index in [4.69, 9.17) is 16.0 Å². The number of alkyl halides is 1. The van der Waals surface area contributed by atoms with Crippen LogP contribution in [0.15, 0.2) is 28.7 Å². The lowest BCUT2D eigenvalue weighted by Crippen LogP contribution is -1.91. The van der Waals surface area contributed by atoms with Crippen LogP contribution in [0.4, 0.5) is 11.7 Å². The maximum Gasteiger partial charge on any atom is 0.320 e. The standard InChI is InChI=1S/C13H16ClN3O/c1-3-4-10-5-7-11(8-6-10)15-13-17-16-12(18-13)9(2)14/h5-9H,3-4H2,1-2H3,(H,15,17). The SMILES string of the molecule is CCCc1ccc(Nc2nnc(C(C)Cl)o2)cc1. The van der Waals surface area contributed by atoms with Crippen molar-refractivity contribution < 1.29 is 4.42 Å². The molecule has 1 unspecified atom stereocenters. The highest BCUT2D eigenvalue weighted by Crippen LogP contribution is 2.21. The van der Waals surface area contributed by atoms with Crippen molar-refractivity contribution in [2.75, 3.05) is 5.32 Å². The van der Waals surface area contributed by atoms with Gasteiger partial charge in [0.1, 0.15) is 5.38 Å². The number of halogens is 1. The van der Waals surface area contributed by atoms with Gasteiger partial charge in [0.25, 0.3) is 0 Å². The molecule has 4 nitrogen and oxygen atoms in total. The third-order valence-corrected chi connectivity index (χ3v) is 2.71. The highest BCUT2D eigenvalue weighted by Gasteiger charge is 2.10. The summed E-state index contributed by atoms with van der Waals surface area (Å²) >= 11 is 5.85. The topological polar surface area (TPSA) is 51.0 Å². The molecule has 2 rings (SSSR count). The molecule has 1 atom stereocenters. The van der Waals surface area contributed by atoms with Crippen molar-refractivity contribution in [3.8, 4) is 0 Å². The fraction of sp³-hybridized carbons (Fsp3) is 0.385. The monoisotopic (exact) mass is 265 g/mol. The Morgan fingerprint density at radius 1 is 1.28 bits per heavy atom. The first-order valence-corrected chi connectivity index (χ1v) is 6.46. The van der Waals surface area contributed by atoms with Crippen LogP contribution >= 0.6 is 11.6 Å². The molecule has 0 aliphatic carbocycles. The molecule has 0 aliphatic heterocycles. The summed E-state index contributed by atoms with van der Waals surface area (Å²) in [5, 5.41) is 10.5. The Balaban J connectivity index is 2.03.